The van der Waals surface area contributed by atoms with Crippen molar-refractivity contribution in [2.24, 2.45) is 0 Å². The number of nitrogens with one attached hydrogen (secondary N) is 1. The maximum Gasteiger partial charge on any atom is 0.357 e. The van der Waals surface area contributed by atoms with Crippen molar-refractivity contribution in [3.63, 3.8) is 0 Å². The highest BCUT2D eigenvalue weighted by Gasteiger charge is 2.36. The number of carboxylic acid groups (broad SMARTS) is 1. The first-order chi connectivity index (χ1) is 12.5. The molecule has 0 saturated heterocycles. The number of benzene rings is 1. The number of nitrogens with zero attached hydrogens (tertiary/aromatic N) is 2. The molecule has 9 nitrogen and oxygen atoms in total. The highest BCUT2D eigenvalue weighted by atomic mass is 32.2. The van der Waals surface area contributed by atoms with Crippen molar-refractivity contribution in [2.75, 3.05) is 13.7 Å². The molecule has 1 aromatic heterocycles. The van der Waals surface area contributed by atoms with E-state index < -0.39 is 44.7 Å². The van der Waals surface area contributed by atoms with E-state index in [2.05, 4.69) is 9.82 Å². The van der Waals surface area contributed by atoms with Gasteiger partial charge < -0.3 is 14.9 Å². The minimum atomic E-state index is -4.44. The average molecular weight is 401 g/mol. The molecule has 0 fully saturated rings. The summed E-state index contributed by atoms with van der Waals surface area (Å²) in [5.74, 6) is -2.60. The molecule has 148 valence electrons. The third-order valence-corrected chi connectivity index (χ3v) is 5.14. The van der Waals surface area contributed by atoms with E-state index in [0.717, 1.165) is 0 Å². The first-order valence-corrected chi connectivity index (χ1v) is 9.27. The fourth-order valence-electron chi connectivity index (χ4n) is 2.23. The van der Waals surface area contributed by atoms with Gasteiger partial charge in [-0.1, -0.05) is 12.1 Å². The summed E-state index contributed by atoms with van der Waals surface area (Å²) in [7, 11) is -2.95. The molecule has 2 rings (SSSR count). The van der Waals surface area contributed by atoms with E-state index in [1.807, 2.05) is 0 Å². The van der Waals surface area contributed by atoms with Crippen molar-refractivity contribution in [3.8, 4) is 5.75 Å². The highest BCUT2D eigenvalue weighted by molar-refractivity contribution is 7.89. The molecule has 2 aromatic rings. The van der Waals surface area contributed by atoms with E-state index in [-0.39, 0.29) is 6.54 Å². The van der Waals surface area contributed by atoms with Crippen LogP contribution in [-0.2, 0) is 22.1 Å². The zero-order valence-electron chi connectivity index (χ0n) is 14.9. The summed E-state index contributed by atoms with van der Waals surface area (Å²) in [5, 5.41) is 21.2. The molecule has 1 aromatic carbocycles. The zero-order valence-corrected chi connectivity index (χ0v) is 15.7. The lowest BCUT2D eigenvalue weighted by atomic mass is 10.1. The van der Waals surface area contributed by atoms with Crippen LogP contribution in [-0.4, -0.2) is 48.1 Å². The van der Waals surface area contributed by atoms with Crippen LogP contribution in [0.25, 0.3) is 0 Å². The van der Waals surface area contributed by atoms with Gasteiger partial charge in [0.1, 0.15) is 5.75 Å². The fourth-order valence-corrected chi connectivity index (χ4v) is 3.25. The molecule has 0 atom stereocenters. The molecule has 0 spiro atoms. The summed E-state index contributed by atoms with van der Waals surface area (Å²) in [6.45, 7) is 2.05. The highest BCUT2D eigenvalue weighted by Crippen LogP contribution is 2.24. The van der Waals surface area contributed by atoms with Crippen LogP contribution in [0.3, 0.4) is 0 Å². The van der Waals surface area contributed by atoms with Crippen molar-refractivity contribution < 1.29 is 32.6 Å². The maximum atomic E-state index is 14.5. The van der Waals surface area contributed by atoms with Crippen LogP contribution in [0.4, 0.5) is 4.39 Å². The van der Waals surface area contributed by atoms with Crippen molar-refractivity contribution in [2.45, 2.75) is 31.0 Å². The topological polar surface area (TPSA) is 131 Å². The number of ether oxygens (including phenoxy) is 1. The van der Waals surface area contributed by atoms with Crippen molar-refractivity contribution in [1.82, 2.24) is 14.5 Å². The molecule has 0 saturated carbocycles. The van der Waals surface area contributed by atoms with E-state index in [9.17, 15) is 27.8 Å². The molecular weight excluding hydrogens is 381 g/mol. The Kier molecular flexibility index (Phi) is 5.88. The van der Waals surface area contributed by atoms with E-state index >= 15 is 0 Å². The van der Waals surface area contributed by atoms with Gasteiger partial charge in [-0.05, 0) is 31.5 Å². The average Bonchev–Trinajstić information content (AvgIpc) is 2.99. The summed E-state index contributed by atoms with van der Waals surface area (Å²) in [4.78, 5) is 11.4. The zero-order chi connectivity index (χ0) is 20.4. The molecule has 11 heteroatoms. The molecule has 0 radical (unpaired) electrons. The van der Waals surface area contributed by atoms with E-state index in [1.54, 1.807) is 24.3 Å². The van der Waals surface area contributed by atoms with E-state index in [0.29, 0.717) is 16.0 Å². The molecule has 0 aliphatic rings. The lowest BCUT2D eigenvalue weighted by Crippen LogP contribution is -2.34. The van der Waals surface area contributed by atoms with Gasteiger partial charge in [-0.3, -0.25) is 0 Å². The summed E-state index contributed by atoms with van der Waals surface area (Å²) < 4.78 is 47.3. The van der Waals surface area contributed by atoms with Crippen LogP contribution in [0.2, 0.25) is 0 Å². The minimum absolute atomic E-state index is 0.162. The van der Waals surface area contributed by atoms with Crippen LogP contribution in [0, 0.1) is 5.82 Å². The standard InChI is InChI=1S/C16H20FN3O6S/c1-16(2,9-21)20-13(15(22)23)12(17)14(19-20)27(24,25)18-8-10-4-6-11(26-3)7-5-10/h4-7,18,21H,8-9H2,1-3H3,(H,22,23). The Bertz CT molecular complexity index is 938. The maximum absolute atomic E-state index is 14.5. The molecule has 1 heterocycles. The first kappa shape index (κ1) is 20.8. The molecule has 0 bridgehead atoms. The number of hydrogen-bond donors (Lipinski definition) is 3. The second-order valence-corrected chi connectivity index (χ2v) is 8.01. The van der Waals surface area contributed by atoms with Gasteiger partial charge in [0.15, 0.2) is 11.5 Å². The quantitative estimate of drug-likeness (QED) is 0.600. The second kappa shape index (κ2) is 7.62. The summed E-state index contributed by atoms with van der Waals surface area (Å²) >= 11 is 0. The monoisotopic (exact) mass is 401 g/mol. The number of hydrogen-bond acceptors (Lipinski definition) is 6. The van der Waals surface area contributed by atoms with Gasteiger partial charge in [0.05, 0.1) is 19.3 Å². The van der Waals surface area contributed by atoms with Gasteiger partial charge in [0, 0.05) is 6.54 Å². The van der Waals surface area contributed by atoms with Gasteiger partial charge in [-0.2, -0.15) is 5.10 Å². The Labute approximate surface area is 155 Å². The molecule has 3 N–H and O–H groups in total. The normalized spacial score (nSPS) is 12.2. The van der Waals surface area contributed by atoms with E-state index in [1.165, 1.54) is 21.0 Å². The Morgan fingerprint density at radius 2 is 1.93 bits per heavy atom. The van der Waals surface area contributed by atoms with Crippen molar-refractivity contribution >= 4 is 16.0 Å². The van der Waals surface area contributed by atoms with Crippen LogP contribution in [0.15, 0.2) is 29.3 Å². The van der Waals surface area contributed by atoms with Crippen molar-refractivity contribution in [1.29, 1.82) is 0 Å². The summed E-state index contributed by atoms with van der Waals surface area (Å²) in [5.41, 5.74) is -1.69. The van der Waals surface area contributed by atoms with Gasteiger partial charge in [0.25, 0.3) is 10.0 Å². The van der Waals surface area contributed by atoms with Crippen LogP contribution in [0.5, 0.6) is 5.75 Å². The van der Waals surface area contributed by atoms with Crippen LogP contribution in [0.1, 0.15) is 29.9 Å². The number of aromatic nitrogens is 2. The Balaban J connectivity index is 2.37. The second-order valence-electron chi connectivity index (χ2n) is 6.33. The number of halogens is 1. The number of carboxylic acids is 1. The minimum Gasteiger partial charge on any atom is -0.497 e. The van der Waals surface area contributed by atoms with Crippen molar-refractivity contribution in [3.05, 3.63) is 41.3 Å². The molecular formula is C16H20FN3O6S. The number of methoxy groups -OCH3 is 1. The Morgan fingerprint density at radius 3 is 2.41 bits per heavy atom. The molecule has 0 aliphatic heterocycles. The number of aromatic carboxylic acids is 1. The summed E-state index contributed by atoms with van der Waals surface area (Å²) in [6, 6.07) is 6.50. The number of carbonyl (C=O) groups is 1. The smallest absolute Gasteiger partial charge is 0.357 e. The predicted octanol–water partition coefficient (Wildman–Crippen LogP) is 0.935. The number of sulfonamides is 1. The van der Waals surface area contributed by atoms with Gasteiger partial charge in [-0.15, -0.1) is 0 Å². The molecule has 0 unspecified atom stereocenters. The Hall–Kier alpha value is -2.50. The molecule has 0 amide bonds. The van der Waals surface area contributed by atoms with Gasteiger partial charge >= 0.3 is 5.97 Å². The molecule has 0 aliphatic carbocycles. The lowest BCUT2D eigenvalue weighted by Gasteiger charge is -2.23. The largest absolute Gasteiger partial charge is 0.497 e. The van der Waals surface area contributed by atoms with Gasteiger partial charge in [0.2, 0.25) is 5.03 Å². The summed E-state index contributed by atoms with van der Waals surface area (Å²) in [6.07, 6.45) is 0. The van der Waals surface area contributed by atoms with Gasteiger partial charge in [-0.25, -0.2) is 27.0 Å². The molecule has 27 heavy (non-hydrogen) atoms. The SMILES string of the molecule is COc1ccc(CNS(=O)(=O)c2nn(C(C)(C)CO)c(C(=O)O)c2F)cc1. The third-order valence-electron chi connectivity index (χ3n) is 3.84. The fraction of sp³-hybridized carbons (Fsp3) is 0.375. The number of rotatable bonds is 8. The Morgan fingerprint density at radius 1 is 1.33 bits per heavy atom. The first-order valence-electron chi connectivity index (χ1n) is 7.79. The third kappa shape index (κ3) is 4.26. The van der Waals surface area contributed by atoms with Crippen LogP contribution < -0.4 is 9.46 Å². The number of aliphatic hydroxyl groups excluding tert-OH is 1. The van der Waals surface area contributed by atoms with Crippen LogP contribution >= 0.6 is 0 Å². The lowest BCUT2D eigenvalue weighted by molar-refractivity contribution is 0.0654. The van der Waals surface area contributed by atoms with E-state index in [4.69, 9.17) is 4.74 Å². The number of aliphatic hydroxyl groups is 1. The predicted molar refractivity (Wildman–Crippen MR) is 92.6 cm³/mol.